The molecule has 0 aliphatic heterocycles. The maximum Gasteiger partial charge on any atom is 0.183 e. The Morgan fingerprint density at radius 2 is 2.29 bits per heavy atom. The van der Waals surface area contributed by atoms with Gasteiger partial charge in [0.15, 0.2) is 5.13 Å². The van der Waals surface area contributed by atoms with Crippen molar-refractivity contribution in [2.45, 2.75) is 39.2 Å². The summed E-state index contributed by atoms with van der Waals surface area (Å²) in [5, 5.41) is 6.88. The van der Waals surface area contributed by atoms with E-state index in [9.17, 15) is 0 Å². The highest BCUT2D eigenvalue weighted by atomic mass is 32.1. The number of thiazole rings is 1. The van der Waals surface area contributed by atoms with Gasteiger partial charge in [0.2, 0.25) is 0 Å². The van der Waals surface area contributed by atoms with Crippen molar-refractivity contribution in [3.05, 3.63) is 32.5 Å². The highest BCUT2D eigenvalue weighted by molar-refractivity contribution is 7.15. The van der Waals surface area contributed by atoms with Crippen molar-refractivity contribution in [3.63, 3.8) is 0 Å². The Balaban J connectivity index is 1.83. The highest BCUT2D eigenvalue weighted by Crippen LogP contribution is 2.36. The first-order valence-corrected chi connectivity index (χ1v) is 7.70. The molecule has 2 aromatic rings. The van der Waals surface area contributed by atoms with Crippen LogP contribution in [0, 0.1) is 13.8 Å². The van der Waals surface area contributed by atoms with Gasteiger partial charge in [0.1, 0.15) is 0 Å². The normalized spacial score (nSPS) is 19.1. The molecule has 0 fully saturated rings. The number of aromatic nitrogens is 1. The zero-order chi connectivity index (χ0) is 11.8. The van der Waals surface area contributed by atoms with Crippen LogP contribution in [0.4, 0.5) is 5.13 Å². The molecule has 0 bridgehead atoms. The Morgan fingerprint density at radius 1 is 1.41 bits per heavy atom. The van der Waals surface area contributed by atoms with Crippen LogP contribution in [0.2, 0.25) is 0 Å². The number of hydrogen-bond donors (Lipinski definition) is 1. The fourth-order valence-corrected chi connectivity index (χ4v) is 4.17. The summed E-state index contributed by atoms with van der Waals surface area (Å²) in [4.78, 5) is 7.44. The fourth-order valence-electron chi connectivity index (χ4n) is 2.32. The van der Waals surface area contributed by atoms with Crippen LogP contribution in [-0.2, 0) is 6.42 Å². The van der Waals surface area contributed by atoms with E-state index in [4.69, 9.17) is 0 Å². The second kappa shape index (κ2) is 4.42. The number of anilines is 1. The molecule has 0 aromatic carbocycles. The summed E-state index contributed by atoms with van der Waals surface area (Å²) in [5.74, 6) is 0. The lowest BCUT2D eigenvalue weighted by molar-refractivity contribution is 0.608. The van der Waals surface area contributed by atoms with Gasteiger partial charge in [0.25, 0.3) is 0 Å². The lowest BCUT2D eigenvalue weighted by Crippen LogP contribution is -2.15. The van der Waals surface area contributed by atoms with Gasteiger partial charge in [0, 0.05) is 9.75 Å². The van der Waals surface area contributed by atoms with Crippen LogP contribution >= 0.6 is 22.7 Å². The van der Waals surface area contributed by atoms with E-state index >= 15 is 0 Å². The minimum atomic E-state index is 0.468. The van der Waals surface area contributed by atoms with Gasteiger partial charge in [-0.2, -0.15) is 0 Å². The third kappa shape index (κ3) is 2.11. The van der Waals surface area contributed by atoms with Gasteiger partial charge in [-0.3, -0.25) is 0 Å². The molecule has 1 aliphatic rings. The monoisotopic (exact) mass is 264 g/mol. The lowest BCUT2D eigenvalue weighted by Gasteiger charge is -2.23. The van der Waals surface area contributed by atoms with Crippen LogP contribution in [0.15, 0.2) is 11.4 Å². The average molecular weight is 264 g/mol. The molecule has 4 heteroatoms. The van der Waals surface area contributed by atoms with Gasteiger partial charge in [-0.25, -0.2) is 4.98 Å². The van der Waals surface area contributed by atoms with E-state index in [1.54, 1.807) is 16.2 Å². The highest BCUT2D eigenvalue weighted by Gasteiger charge is 2.21. The molecule has 2 aromatic heterocycles. The van der Waals surface area contributed by atoms with E-state index in [0.717, 1.165) is 10.8 Å². The molecule has 2 heterocycles. The first-order valence-electron chi connectivity index (χ1n) is 6.01. The quantitative estimate of drug-likeness (QED) is 0.874. The molecule has 1 N–H and O–H groups in total. The fraction of sp³-hybridized carbons (Fsp3) is 0.462. The van der Waals surface area contributed by atoms with E-state index < -0.39 is 0 Å². The molecule has 0 saturated carbocycles. The average Bonchev–Trinajstić information content (AvgIpc) is 2.87. The molecule has 0 radical (unpaired) electrons. The summed E-state index contributed by atoms with van der Waals surface area (Å²) in [6.45, 7) is 4.21. The van der Waals surface area contributed by atoms with Gasteiger partial charge < -0.3 is 5.32 Å². The van der Waals surface area contributed by atoms with Gasteiger partial charge in [-0.15, -0.1) is 22.7 Å². The minimum absolute atomic E-state index is 0.468. The van der Waals surface area contributed by atoms with E-state index in [2.05, 4.69) is 35.6 Å². The van der Waals surface area contributed by atoms with Crippen LogP contribution in [0.25, 0.3) is 0 Å². The van der Waals surface area contributed by atoms with E-state index in [1.807, 2.05) is 11.3 Å². The van der Waals surface area contributed by atoms with Crippen molar-refractivity contribution in [1.82, 2.24) is 4.98 Å². The molecule has 3 rings (SSSR count). The maximum atomic E-state index is 4.57. The second-order valence-electron chi connectivity index (χ2n) is 4.55. The second-order valence-corrected chi connectivity index (χ2v) is 6.75. The smallest absolute Gasteiger partial charge is 0.183 e. The lowest BCUT2D eigenvalue weighted by atomic mass is 9.94. The molecule has 0 amide bonds. The number of fused-ring (bicyclic) bond motifs is 1. The summed E-state index contributed by atoms with van der Waals surface area (Å²) in [6, 6.07) is 2.74. The molecular weight excluding hydrogens is 248 g/mol. The van der Waals surface area contributed by atoms with Crippen LogP contribution in [0.5, 0.6) is 0 Å². The van der Waals surface area contributed by atoms with Crippen LogP contribution in [0.1, 0.15) is 39.9 Å². The van der Waals surface area contributed by atoms with Gasteiger partial charge in [0.05, 0.1) is 11.7 Å². The van der Waals surface area contributed by atoms with Crippen molar-refractivity contribution in [2.24, 2.45) is 0 Å². The first kappa shape index (κ1) is 11.2. The van der Waals surface area contributed by atoms with Gasteiger partial charge in [-0.1, -0.05) is 0 Å². The van der Waals surface area contributed by atoms with Crippen LogP contribution < -0.4 is 5.32 Å². The zero-order valence-corrected chi connectivity index (χ0v) is 11.8. The zero-order valence-electron chi connectivity index (χ0n) is 10.1. The Morgan fingerprint density at radius 3 is 3.06 bits per heavy atom. The maximum absolute atomic E-state index is 4.57. The number of thiophene rings is 1. The third-order valence-electron chi connectivity index (χ3n) is 3.38. The number of nitrogens with zero attached hydrogens (tertiary/aromatic N) is 1. The predicted molar refractivity (Wildman–Crippen MR) is 75.2 cm³/mol. The summed E-state index contributed by atoms with van der Waals surface area (Å²) in [5.41, 5.74) is 2.64. The Labute approximate surface area is 110 Å². The molecular formula is C13H16N2S2. The Kier molecular flexibility index (Phi) is 2.92. The summed E-state index contributed by atoms with van der Waals surface area (Å²) in [7, 11) is 0. The van der Waals surface area contributed by atoms with Crippen molar-refractivity contribution in [1.29, 1.82) is 0 Å². The molecule has 1 unspecified atom stereocenters. The minimum Gasteiger partial charge on any atom is -0.355 e. The van der Waals surface area contributed by atoms with E-state index in [0.29, 0.717) is 6.04 Å². The molecule has 0 spiro atoms. The van der Waals surface area contributed by atoms with Crippen LogP contribution in [-0.4, -0.2) is 4.98 Å². The standard InChI is InChI=1S/C13H16N2S2/c1-8-9(2)17-13(14-8)15-11-4-3-5-12-10(11)6-7-16-12/h6-7,11H,3-5H2,1-2H3,(H,14,15). The largest absolute Gasteiger partial charge is 0.355 e. The van der Waals surface area contributed by atoms with Gasteiger partial charge >= 0.3 is 0 Å². The topological polar surface area (TPSA) is 24.9 Å². The third-order valence-corrected chi connectivity index (χ3v) is 5.38. The number of hydrogen-bond acceptors (Lipinski definition) is 4. The number of aryl methyl sites for hydroxylation is 3. The SMILES string of the molecule is Cc1nc(NC2CCCc3sccc32)sc1C. The summed E-state index contributed by atoms with van der Waals surface area (Å²) in [6.07, 6.45) is 3.76. The van der Waals surface area contributed by atoms with Gasteiger partial charge in [-0.05, 0) is 50.1 Å². The summed E-state index contributed by atoms with van der Waals surface area (Å²) >= 11 is 3.66. The Hall–Kier alpha value is -0.870. The molecule has 1 atom stereocenters. The van der Waals surface area contributed by atoms with Crippen LogP contribution in [0.3, 0.4) is 0 Å². The van der Waals surface area contributed by atoms with E-state index in [-0.39, 0.29) is 0 Å². The predicted octanol–water partition coefficient (Wildman–Crippen LogP) is 4.31. The number of nitrogens with one attached hydrogen (secondary N) is 1. The van der Waals surface area contributed by atoms with Crippen molar-refractivity contribution in [3.8, 4) is 0 Å². The first-order chi connectivity index (χ1) is 8.24. The molecule has 17 heavy (non-hydrogen) atoms. The van der Waals surface area contributed by atoms with Crippen molar-refractivity contribution < 1.29 is 0 Å². The molecule has 2 nitrogen and oxygen atoms in total. The van der Waals surface area contributed by atoms with Crippen molar-refractivity contribution >= 4 is 27.8 Å². The van der Waals surface area contributed by atoms with Crippen molar-refractivity contribution in [2.75, 3.05) is 5.32 Å². The van der Waals surface area contributed by atoms with E-state index in [1.165, 1.54) is 29.7 Å². The number of rotatable bonds is 2. The molecule has 90 valence electrons. The summed E-state index contributed by atoms with van der Waals surface area (Å²) < 4.78 is 0. The Bertz CT molecular complexity index is 508. The molecule has 1 aliphatic carbocycles. The molecule has 0 saturated heterocycles.